The molecule has 0 bridgehead atoms. The van der Waals surface area contributed by atoms with Crippen molar-refractivity contribution in [3.05, 3.63) is 57.6 Å². The molecule has 0 amide bonds. The van der Waals surface area contributed by atoms with E-state index in [-0.39, 0.29) is 6.61 Å². The van der Waals surface area contributed by atoms with E-state index in [9.17, 15) is 0 Å². The second-order valence-electron chi connectivity index (χ2n) is 6.22. The summed E-state index contributed by atoms with van der Waals surface area (Å²) in [7, 11) is 0. The maximum Gasteiger partial charge on any atom is 0.175 e. The van der Waals surface area contributed by atoms with Gasteiger partial charge in [0.2, 0.25) is 0 Å². The molecule has 2 N–H and O–H groups in total. The second kappa shape index (κ2) is 11.2. The monoisotopic (exact) mass is 421 g/mol. The van der Waals surface area contributed by atoms with Crippen LogP contribution in [0.2, 0.25) is 0 Å². The number of hydrogen-bond donors (Lipinski definition) is 2. The topological polar surface area (TPSA) is 50.7 Å². The highest BCUT2D eigenvalue weighted by Crippen LogP contribution is 2.37. The molecule has 142 valence electrons. The summed E-state index contributed by atoms with van der Waals surface area (Å²) < 4.78 is 12.7. The van der Waals surface area contributed by atoms with E-state index in [0.29, 0.717) is 13.2 Å². The van der Waals surface area contributed by atoms with Crippen molar-refractivity contribution >= 4 is 15.9 Å². The van der Waals surface area contributed by atoms with Gasteiger partial charge in [-0.3, -0.25) is 0 Å². The first-order valence-corrected chi connectivity index (χ1v) is 9.88. The molecule has 0 saturated carbocycles. The lowest BCUT2D eigenvalue weighted by Crippen LogP contribution is -2.15. The first-order valence-electron chi connectivity index (χ1n) is 9.09. The fraction of sp³-hybridized carbons (Fsp3) is 0.429. The van der Waals surface area contributed by atoms with Crippen molar-refractivity contribution in [3.8, 4) is 11.5 Å². The molecule has 0 aliphatic carbocycles. The second-order valence-corrected chi connectivity index (χ2v) is 7.07. The summed E-state index contributed by atoms with van der Waals surface area (Å²) in [5.41, 5.74) is 3.49. The molecular formula is C21H28BrNO3. The van der Waals surface area contributed by atoms with Crippen molar-refractivity contribution in [3.63, 3.8) is 0 Å². The third-order valence-electron chi connectivity index (χ3n) is 3.96. The summed E-state index contributed by atoms with van der Waals surface area (Å²) in [6.45, 7) is 7.01. The summed E-state index contributed by atoms with van der Waals surface area (Å²) in [5, 5.41) is 12.2. The number of aliphatic hydroxyl groups is 1. The fourth-order valence-electron chi connectivity index (χ4n) is 2.56. The van der Waals surface area contributed by atoms with Gasteiger partial charge in [-0.15, -0.1) is 0 Å². The zero-order chi connectivity index (χ0) is 18.8. The number of rotatable bonds is 11. The van der Waals surface area contributed by atoms with Gasteiger partial charge in [-0.1, -0.05) is 29.8 Å². The van der Waals surface area contributed by atoms with Gasteiger partial charge >= 0.3 is 0 Å². The SMILES string of the molecule is CCOc1cc(CNCCCCO)cc(Br)c1OCc1ccc(C)cc1. The zero-order valence-electron chi connectivity index (χ0n) is 15.6. The summed E-state index contributed by atoms with van der Waals surface area (Å²) in [5.74, 6) is 1.48. The summed E-state index contributed by atoms with van der Waals surface area (Å²) >= 11 is 3.62. The van der Waals surface area contributed by atoms with Crippen LogP contribution in [0.4, 0.5) is 0 Å². The van der Waals surface area contributed by atoms with E-state index in [2.05, 4.69) is 58.5 Å². The molecular weight excluding hydrogens is 394 g/mol. The Morgan fingerprint density at radius 1 is 1.04 bits per heavy atom. The van der Waals surface area contributed by atoms with Gasteiger partial charge in [0, 0.05) is 13.2 Å². The minimum Gasteiger partial charge on any atom is -0.490 e. The minimum atomic E-state index is 0.245. The number of unbranched alkanes of at least 4 members (excludes halogenated alkanes) is 1. The van der Waals surface area contributed by atoms with Crippen LogP contribution < -0.4 is 14.8 Å². The zero-order valence-corrected chi connectivity index (χ0v) is 17.1. The van der Waals surface area contributed by atoms with Crippen LogP contribution in [0.25, 0.3) is 0 Å². The van der Waals surface area contributed by atoms with Gasteiger partial charge in [0.25, 0.3) is 0 Å². The van der Waals surface area contributed by atoms with E-state index in [1.807, 2.05) is 13.0 Å². The van der Waals surface area contributed by atoms with E-state index >= 15 is 0 Å². The molecule has 26 heavy (non-hydrogen) atoms. The van der Waals surface area contributed by atoms with Gasteiger partial charge in [0.1, 0.15) is 6.61 Å². The molecule has 0 heterocycles. The Balaban J connectivity index is 2.03. The number of aryl methyl sites for hydroxylation is 1. The fourth-order valence-corrected chi connectivity index (χ4v) is 3.16. The number of hydrogen-bond acceptors (Lipinski definition) is 4. The van der Waals surface area contributed by atoms with Crippen LogP contribution >= 0.6 is 15.9 Å². The predicted octanol–water partition coefficient (Wildman–Crippen LogP) is 4.60. The van der Waals surface area contributed by atoms with Crippen molar-refractivity contribution < 1.29 is 14.6 Å². The molecule has 0 aromatic heterocycles. The Labute approximate surface area is 164 Å². The third-order valence-corrected chi connectivity index (χ3v) is 4.55. The molecule has 2 aromatic rings. The Hall–Kier alpha value is -1.56. The van der Waals surface area contributed by atoms with E-state index in [1.54, 1.807) is 0 Å². The highest BCUT2D eigenvalue weighted by molar-refractivity contribution is 9.10. The van der Waals surface area contributed by atoms with E-state index in [0.717, 1.165) is 53.0 Å². The summed E-state index contributed by atoms with van der Waals surface area (Å²) in [6.07, 6.45) is 1.79. The predicted molar refractivity (Wildman–Crippen MR) is 109 cm³/mol. The van der Waals surface area contributed by atoms with Crippen molar-refractivity contribution in [1.82, 2.24) is 5.32 Å². The quantitative estimate of drug-likeness (QED) is 0.520. The number of halogens is 1. The highest BCUT2D eigenvalue weighted by atomic mass is 79.9. The molecule has 0 aliphatic rings. The average molecular weight is 422 g/mol. The normalized spacial score (nSPS) is 10.8. The Bertz CT molecular complexity index is 674. The Kier molecular flexibility index (Phi) is 8.95. The molecule has 2 aromatic carbocycles. The smallest absolute Gasteiger partial charge is 0.175 e. The van der Waals surface area contributed by atoms with Crippen LogP contribution in [0.1, 0.15) is 36.5 Å². The average Bonchev–Trinajstić information content (AvgIpc) is 2.62. The van der Waals surface area contributed by atoms with Gasteiger partial charge in [0.05, 0.1) is 11.1 Å². The number of ether oxygens (including phenoxy) is 2. The lowest BCUT2D eigenvalue weighted by molar-refractivity contribution is 0.267. The van der Waals surface area contributed by atoms with Gasteiger partial charge in [-0.2, -0.15) is 0 Å². The van der Waals surface area contributed by atoms with E-state index in [1.165, 1.54) is 5.56 Å². The summed E-state index contributed by atoms with van der Waals surface area (Å²) in [6, 6.07) is 12.4. The van der Waals surface area contributed by atoms with Gasteiger partial charge in [-0.25, -0.2) is 0 Å². The Morgan fingerprint density at radius 2 is 1.81 bits per heavy atom. The molecule has 0 radical (unpaired) electrons. The first-order chi connectivity index (χ1) is 12.6. The van der Waals surface area contributed by atoms with Gasteiger partial charge < -0.3 is 19.9 Å². The molecule has 4 nitrogen and oxygen atoms in total. The number of aliphatic hydroxyl groups excluding tert-OH is 1. The summed E-state index contributed by atoms with van der Waals surface area (Å²) in [4.78, 5) is 0. The van der Waals surface area contributed by atoms with Gasteiger partial charge in [-0.05, 0) is 72.4 Å². The molecule has 0 saturated heterocycles. The standard InChI is InChI=1S/C21H28BrNO3/c1-3-25-20-13-18(14-23-10-4-5-11-24)12-19(22)21(20)26-15-17-8-6-16(2)7-9-17/h6-9,12-13,23-24H,3-5,10-11,14-15H2,1-2H3. The molecule has 0 spiro atoms. The van der Waals surface area contributed by atoms with E-state index in [4.69, 9.17) is 14.6 Å². The maximum absolute atomic E-state index is 8.83. The number of nitrogens with one attached hydrogen (secondary N) is 1. The van der Waals surface area contributed by atoms with Crippen molar-refractivity contribution in [2.45, 2.75) is 39.8 Å². The minimum absolute atomic E-state index is 0.245. The van der Waals surface area contributed by atoms with Crippen LogP contribution in [0.5, 0.6) is 11.5 Å². The number of benzene rings is 2. The van der Waals surface area contributed by atoms with E-state index < -0.39 is 0 Å². The first kappa shape index (κ1) is 20.7. The van der Waals surface area contributed by atoms with Crippen LogP contribution in [0.15, 0.2) is 40.9 Å². The Morgan fingerprint density at radius 3 is 2.50 bits per heavy atom. The largest absolute Gasteiger partial charge is 0.490 e. The maximum atomic E-state index is 8.83. The molecule has 0 aliphatic heterocycles. The van der Waals surface area contributed by atoms with Gasteiger partial charge in [0.15, 0.2) is 11.5 Å². The van der Waals surface area contributed by atoms with Crippen LogP contribution in [-0.2, 0) is 13.2 Å². The van der Waals surface area contributed by atoms with Crippen LogP contribution in [-0.4, -0.2) is 24.9 Å². The van der Waals surface area contributed by atoms with Crippen molar-refractivity contribution in [2.24, 2.45) is 0 Å². The van der Waals surface area contributed by atoms with Crippen LogP contribution in [0.3, 0.4) is 0 Å². The molecule has 2 rings (SSSR count). The van der Waals surface area contributed by atoms with Crippen molar-refractivity contribution in [2.75, 3.05) is 19.8 Å². The molecule has 0 unspecified atom stereocenters. The third kappa shape index (κ3) is 6.63. The lowest BCUT2D eigenvalue weighted by Gasteiger charge is -2.16. The molecule has 5 heteroatoms. The van der Waals surface area contributed by atoms with Crippen LogP contribution in [0, 0.1) is 6.92 Å². The highest BCUT2D eigenvalue weighted by Gasteiger charge is 2.12. The lowest BCUT2D eigenvalue weighted by atomic mass is 10.1. The molecule has 0 atom stereocenters. The molecule has 0 fully saturated rings. The van der Waals surface area contributed by atoms with Crippen molar-refractivity contribution in [1.29, 1.82) is 0 Å².